The predicted octanol–water partition coefficient (Wildman–Crippen LogP) is 2.34. The average Bonchev–Trinajstić information content (AvgIpc) is 2.48. The zero-order chi connectivity index (χ0) is 18.0. The second kappa shape index (κ2) is 6.70. The molecular weight excluding hydrogens is 340 g/mol. The van der Waals surface area contributed by atoms with Crippen LogP contribution >= 0.6 is 0 Å². The molecule has 1 aromatic heterocycles. The normalized spacial score (nSPS) is 12.0. The summed E-state index contributed by atoms with van der Waals surface area (Å²) in [5.74, 6) is -1.83. The van der Waals surface area contributed by atoms with E-state index in [9.17, 15) is 22.3 Å². The fourth-order valence-electron chi connectivity index (χ4n) is 1.72. The molecule has 0 saturated carbocycles. The maximum absolute atomic E-state index is 13.1. The lowest BCUT2D eigenvalue weighted by Gasteiger charge is -2.18. The Morgan fingerprint density at radius 2 is 1.88 bits per heavy atom. The van der Waals surface area contributed by atoms with Crippen LogP contribution in [0.1, 0.15) is 13.8 Å². The van der Waals surface area contributed by atoms with Crippen molar-refractivity contribution >= 4 is 21.5 Å². The fraction of sp³-hybridized carbons (Fsp3) is 0.267. The molecule has 3 N–H and O–H groups in total. The zero-order valence-corrected chi connectivity index (χ0v) is 13.9. The molecule has 0 aliphatic rings. The molecule has 130 valence electrons. The van der Waals surface area contributed by atoms with Crippen molar-refractivity contribution in [2.75, 3.05) is 16.6 Å². The van der Waals surface area contributed by atoms with E-state index in [4.69, 9.17) is 0 Å². The molecule has 0 atom stereocenters. The van der Waals surface area contributed by atoms with Gasteiger partial charge in [0, 0.05) is 18.8 Å². The minimum Gasteiger partial charge on any atom is -0.389 e. The molecule has 0 amide bonds. The van der Waals surface area contributed by atoms with Gasteiger partial charge in [-0.15, -0.1) is 0 Å². The van der Waals surface area contributed by atoms with Gasteiger partial charge in [0.05, 0.1) is 11.3 Å². The Kier molecular flexibility index (Phi) is 5.05. The van der Waals surface area contributed by atoms with E-state index in [1.54, 1.807) is 13.8 Å². The summed E-state index contributed by atoms with van der Waals surface area (Å²) in [5, 5.41) is 12.5. The number of sulfonamides is 1. The van der Waals surface area contributed by atoms with Crippen LogP contribution in [0.3, 0.4) is 0 Å². The van der Waals surface area contributed by atoms with Crippen molar-refractivity contribution in [2.24, 2.45) is 0 Å². The SMILES string of the molecule is CC(C)(O)CNc1ccc(S(=O)(=O)Nc2ccc(F)c(F)c2)cn1. The Labute approximate surface area is 138 Å². The van der Waals surface area contributed by atoms with Crippen molar-refractivity contribution in [2.45, 2.75) is 24.3 Å². The van der Waals surface area contributed by atoms with Gasteiger partial charge in [0.1, 0.15) is 10.7 Å². The summed E-state index contributed by atoms with van der Waals surface area (Å²) >= 11 is 0. The Bertz CT molecular complexity index is 819. The van der Waals surface area contributed by atoms with E-state index in [1.807, 2.05) is 0 Å². The van der Waals surface area contributed by atoms with Crippen LogP contribution in [-0.4, -0.2) is 30.7 Å². The second-order valence-electron chi connectivity index (χ2n) is 5.78. The number of nitrogens with one attached hydrogen (secondary N) is 2. The van der Waals surface area contributed by atoms with Gasteiger partial charge in [0.15, 0.2) is 11.6 Å². The number of pyridine rings is 1. The van der Waals surface area contributed by atoms with Crippen LogP contribution in [0.25, 0.3) is 0 Å². The molecule has 0 bridgehead atoms. The minimum atomic E-state index is -3.98. The first-order valence-electron chi connectivity index (χ1n) is 6.97. The number of halogens is 2. The highest BCUT2D eigenvalue weighted by Gasteiger charge is 2.17. The van der Waals surface area contributed by atoms with Gasteiger partial charge >= 0.3 is 0 Å². The van der Waals surface area contributed by atoms with E-state index in [1.165, 1.54) is 12.1 Å². The summed E-state index contributed by atoms with van der Waals surface area (Å²) in [6.07, 6.45) is 1.12. The summed E-state index contributed by atoms with van der Waals surface area (Å²) in [6, 6.07) is 5.44. The van der Waals surface area contributed by atoms with Gasteiger partial charge < -0.3 is 10.4 Å². The standard InChI is InChI=1S/C15H17F2N3O3S/c1-15(2,21)9-19-14-6-4-11(8-18-14)24(22,23)20-10-3-5-12(16)13(17)7-10/h3-8,20-21H,9H2,1-2H3,(H,18,19). The van der Waals surface area contributed by atoms with Crippen LogP contribution in [0.2, 0.25) is 0 Å². The fourth-order valence-corrected chi connectivity index (χ4v) is 2.72. The molecule has 24 heavy (non-hydrogen) atoms. The number of hydrogen-bond acceptors (Lipinski definition) is 5. The molecule has 1 heterocycles. The highest BCUT2D eigenvalue weighted by Crippen LogP contribution is 2.19. The molecule has 0 fully saturated rings. The topological polar surface area (TPSA) is 91.3 Å². The number of benzene rings is 1. The van der Waals surface area contributed by atoms with Crippen molar-refractivity contribution < 1.29 is 22.3 Å². The summed E-state index contributed by atoms with van der Waals surface area (Å²) in [4.78, 5) is 3.81. The minimum absolute atomic E-state index is 0.0990. The molecule has 2 rings (SSSR count). The van der Waals surface area contributed by atoms with Crippen LogP contribution in [0.5, 0.6) is 0 Å². The number of nitrogens with zero attached hydrogens (tertiary/aromatic N) is 1. The molecule has 9 heteroatoms. The van der Waals surface area contributed by atoms with Crippen LogP contribution in [-0.2, 0) is 10.0 Å². The van der Waals surface area contributed by atoms with Crippen molar-refractivity contribution in [3.05, 3.63) is 48.2 Å². The van der Waals surface area contributed by atoms with Gasteiger partial charge in [-0.3, -0.25) is 4.72 Å². The molecule has 0 aliphatic heterocycles. The third kappa shape index (κ3) is 4.87. The van der Waals surface area contributed by atoms with E-state index in [0.29, 0.717) is 5.82 Å². The van der Waals surface area contributed by atoms with Crippen molar-refractivity contribution in [1.29, 1.82) is 0 Å². The Balaban J connectivity index is 2.13. The summed E-state index contributed by atoms with van der Waals surface area (Å²) in [5.41, 5.74) is -1.04. The summed E-state index contributed by atoms with van der Waals surface area (Å²) < 4.78 is 52.5. The molecule has 2 aromatic rings. The van der Waals surface area contributed by atoms with Crippen LogP contribution in [0.4, 0.5) is 20.3 Å². The number of aromatic nitrogens is 1. The van der Waals surface area contributed by atoms with Crippen LogP contribution < -0.4 is 10.0 Å². The van der Waals surface area contributed by atoms with Gasteiger partial charge in [0.25, 0.3) is 10.0 Å². The molecule has 0 saturated heterocycles. The van der Waals surface area contributed by atoms with Crippen molar-refractivity contribution in [3.8, 4) is 0 Å². The monoisotopic (exact) mass is 357 g/mol. The molecule has 0 radical (unpaired) electrons. The number of aliphatic hydroxyl groups is 1. The van der Waals surface area contributed by atoms with E-state index in [-0.39, 0.29) is 17.1 Å². The lowest BCUT2D eigenvalue weighted by molar-refractivity contribution is 0.0944. The second-order valence-corrected chi connectivity index (χ2v) is 7.46. The Morgan fingerprint density at radius 1 is 1.17 bits per heavy atom. The highest BCUT2D eigenvalue weighted by molar-refractivity contribution is 7.92. The highest BCUT2D eigenvalue weighted by atomic mass is 32.2. The third-order valence-electron chi connectivity index (χ3n) is 2.92. The molecule has 1 aromatic carbocycles. The lowest BCUT2D eigenvalue weighted by Crippen LogP contribution is -2.29. The van der Waals surface area contributed by atoms with Crippen LogP contribution in [0.15, 0.2) is 41.4 Å². The Morgan fingerprint density at radius 3 is 2.42 bits per heavy atom. The van der Waals surface area contributed by atoms with Gasteiger partial charge in [-0.2, -0.15) is 0 Å². The van der Waals surface area contributed by atoms with E-state index >= 15 is 0 Å². The van der Waals surface area contributed by atoms with E-state index in [0.717, 1.165) is 24.4 Å². The Hall–Kier alpha value is -2.26. The van der Waals surface area contributed by atoms with Gasteiger partial charge in [-0.1, -0.05) is 0 Å². The first-order chi connectivity index (χ1) is 11.1. The molecular formula is C15H17F2N3O3S. The van der Waals surface area contributed by atoms with Crippen molar-refractivity contribution in [1.82, 2.24) is 4.98 Å². The van der Waals surface area contributed by atoms with Gasteiger partial charge in [-0.25, -0.2) is 22.2 Å². The largest absolute Gasteiger partial charge is 0.389 e. The number of anilines is 2. The molecule has 0 aliphatic carbocycles. The maximum Gasteiger partial charge on any atom is 0.263 e. The van der Waals surface area contributed by atoms with Crippen molar-refractivity contribution in [3.63, 3.8) is 0 Å². The van der Waals surface area contributed by atoms with Crippen LogP contribution in [0, 0.1) is 11.6 Å². The maximum atomic E-state index is 13.1. The smallest absolute Gasteiger partial charge is 0.263 e. The molecule has 0 spiro atoms. The quantitative estimate of drug-likeness (QED) is 0.738. The number of hydrogen-bond donors (Lipinski definition) is 3. The first-order valence-corrected chi connectivity index (χ1v) is 8.45. The summed E-state index contributed by atoms with van der Waals surface area (Å²) in [7, 11) is -3.98. The van der Waals surface area contributed by atoms with E-state index in [2.05, 4.69) is 15.0 Å². The summed E-state index contributed by atoms with van der Waals surface area (Å²) in [6.45, 7) is 3.47. The lowest BCUT2D eigenvalue weighted by atomic mass is 10.1. The molecule has 6 nitrogen and oxygen atoms in total. The third-order valence-corrected chi connectivity index (χ3v) is 4.29. The first kappa shape index (κ1) is 18.1. The number of rotatable bonds is 6. The zero-order valence-electron chi connectivity index (χ0n) is 13.0. The van der Waals surface area contributed by atoms with E-state index < -0.39 is 27.3 Å². The van der Waals surface area contributed by atoms with Gasteiger partial charge in [-0.05, 0) is 38.1 Å². The predicted molar refractivity (Wildman–Crippen MR) is 86.2 cm³/mol. The van der Waals surface area contributed by atoms with Gasteiger partial charge in [0.2, 0.25) is 0 Å². The molecule has 0 unspecified atom stereocenters. The average molecular weight is 357 g/mol.